The zero-order valence-electron chi connectivity index (χ0n) is 10.6. The molecule has 0 aliphatic carbocycles. The van der Waals surface area contributed by atoms with Crippen LogP contribution in [-0.4, -0.2) is 35.3 Å². The van der Waals surface area contributed by atoms with Gasteiger partial charge >= 0.3 is 5.97 Å². The summed E-state index contributed by atoms with van der Waals surface area (Å²) >= 11 is 12.4. The first kappa shape index (κ1) is 15.4. The van der Waals surface area contributed by atoms with Gasteiger partial charge in [-0.1, -0.05) is 35.6 Å². The third-order valence-corrected chi connectivity index (χ3v) is 4.10. The third-order valence-electron chi connectivity index (χ3n) is 2.63. The highest BCUT2D eigenvalue weighted by molar-refractivity contribution is 8.22. The molecule has 1 atom stereocenters. The van der Waals surface area contributed by atoms with Crippen LogP contribution < -0.4 is 10.1 Å². The second-order valence-electron chi connectivity index (χ2n) is 4.09. The van der Waals surface area contributed by atoms with Crippen molar-refractivity contribution in [3.8, 4) is 5.75 Å². The Morgan fingerprint density at radius 1 is 1.50 bits per heavy atom. The van der Waals surface area contributed by atoms with Gasteiger partial charge in [0, 0.05) is 17.2 Å². The quantitative estimate of drug-likeness (QED) is 0.508. The molecule has 0 unspecified atom stereocenters. The number of cyclic esters (lactones) is 1. The van der Waals surface area contributed by atoms with E-state index in [1.54, 1.807) is 12.1 Å². The number of thioether (sulfide) groups is 1. The molecule has 7 heteroatoms. The molecule has 0 aromatic heterocycles. The number of benzene rings is 1. The smallest absolute Gasteiger partial charge is 0.328 e. The van der Waals surface area contributed by atoms with Crippen molar-refractivity contribution in [2.75, 3.05) is 19.0 Å². The van der Waals surface area contributed by atoms with E-state index in [4.69, 9.17) is 33.3 Å². The van der Waals surface area contributed by atoms with Gasteiger partial charge in [0.25, 0.3) is 0 Å². The summed E-state index contributed by atoms with van der Waals surface area (Å²) < 4.78 is 11.0. The lowest BCUT2D eigenvalue weighted by Gasteiger charge is -2.11. The van der Waals surface area contributed by atoms with Crippen molar-refractivity contribution in [3.05, 3.63) is 29.3 Å². The molecular weight excluding hydrogens is 318 g/mol. The van der Waals surface area contributed by atoms with Crippen molar-refractivity contribution in [2.45, 2.75) is 12.5 Å². The van der Waals surface area contributed by atoms with Gasteiger partial charge in [-0.25, -0.2) is 4.79 Å². The van der Waals surface area contributed by atoms with Gasteiger partial charge in [-0.15, -0.1) is 0 Å². The van der Waals surface area contributed by atoms with Crippen LogP contribution in [0.4, 0.5) is 0 Å². The molecule has 0 amide bonds. The summed E-state index contributed by atoms with van der Waals surface area (Å²) in [4.78, 5) is 11.3. The predicted molar refractivity (Wildman–Crippen MR) is 84.5 cm³/mol. The minimum absolute atomic E-state index is 0.231. The van der Waals surface area contributed by atoms with E-state index < -0.39 is 0 Å². The van der Waals surface area contributed by atoms with Crippen molar-refractivity contribution < 1.29 is 14.3 Å². The van der Waals surface area contributed by atoms with E-state index in [1.807, 2.05) is 12.1 Å². The molecule has 1 aromatic rings. The van der Waals surface area contributed by atoms with Crippen LogP contribution in [0.2, 0.25) is 5.02 Å². The standard InChI is InChI=1S/C13H14ClNO3S2/c14-9-1-3-10(4-2-9)17-7-8-20-13(19)15-11-5-6-18-12(11)16/h1-4,11H,5-8H2,(H,15,19)/t11-/m0/s1. The van der Waals surface area contributed by atoms with Gasteiger partial charge in [-0.05, 0) is 24.3 Å². The minimum atomic E-state index is -0.299. The number of carbonyl (C=O) groups is 1. The first-order valence-corrected chi connectivity index (χ1v) is 7.90. The summed E-state index contributed by atoms with van der Waals surface area (Å²) in [5.74, 6) is 1.24. The molecule has 0 saturated carbocycles. The molecule has 1 saturated heterocycles. The van der Waals surface area contributed by atoms with Crippen molar-refractivity contribution in [2.24, 2.45) is 0 Å². The summed E-state index contributed by atoms with van der Waals surface area (Å²) in [6.45, 7) is 0.993. The molecule has 1 aliphatic rings. The van der Waals surface area contributed by atoms with Gasteiger partial charge in [0.05, 0.1) is 13.2 Å². The molecule has 2 rings (SSSR count). The monoisotopic (exact) mass is 331 g/mol. The number of nitrogens with one attached hydrogen (secondary N) is 1. The summed E-state index contributed by atoms with van der Waals surface area (Å²) in [6, 6.07) is 6.90. The van der Waals surface area contributed by atoms with E-state index in [-0.39, 0.29) is 12.0 Å². The number of esters is 1. The Balaban J connectivity index is 1.62. The van der Waals surface area contributed by atoms with Gasteiger partial charge < -0.3 is 14.8 Å². The molecule has 108 valence electrons. The number of carbonyl (C=O) groups excluding carboxylic acids is 1. The van der Waals surface area contributed by atoms with Gasteiger partial charge in [0.15, 0.2) is 0 Å². The molecule has 0 bridgehead atoms. The molecule has 0 spiro atoms. The summed E-state index contributed by atoms with van der Waals surface area (Å²) in [5, 5.41) is 3.66. The van der Waals surface area contributed by atoms with Crippen LogP contribution in [0.5, 0.6) is 5.75 Å². The Hall–Kier alpha value is -0.980. The van der Waals surface area contributed by atoms with Gasteiger partial charge in [-0.2, -0.15) is 0 Å². The van der Waals surface area contributed by atoms with E-state index in [0.717, 1.165) is 5.75 Å². The number of rotatable bonds is 5. The van der Waals surface area contributed by atoms with Gasteiger partial charge in [0.1, 0.15) is 16.1 Å². The first-order chi connectivity index (χ1) is 9.65. The highest BCUT2D eigenvalue weighted by Crippen LogP contribution is 2.16. The zero-order valence-corrected chi connectivity index (χ0v) is 13.0. The molecule has 1 fully saturated rings. The topological polar surface area (TPSA) is 47.6 Å². The maximum Gasteiger partial charge on any atom is 0.328 e. The van der Waals surface area contributed by atoms with Crippen LogP contribution in [0.15, 0.2) is 24.3 Å². The van der Waals surface area contributed by atoms with Crippen LogP contribution in [0.25, 0.3) is 0 Å². The molecule has 1 aliphatic heterocycles. The number of thiocarbonyl (C=S) groups is 1. The molecule has 4 nitrogen and oxygen atoms in total. The fourth-order valence-corrected chi connectivity index (χ4v) is 2.73. The fraction of sp³-hybridized carbons (Fsp3) is 0.385. The SMILES string of the molecule is O=C1OCC[C@@H]1NC(=S)SCCOc1ccc(Cl)cc1. The summed E-state index contributed by atoms with van der Waals surface area (Å²) in [6.07, 6.45) is 0.667. The lowest BCUT2D eigenvalue weighted by molar-refractivity contribution is -0.139. The van der Waals surface area contributed by atoms with Crippen LogP contribution in [0.1, 0.15) is 6.42 Å². The van der Waals surface area contributed by atoms with Crippen LogP contribution >= 0.6 is 35.6 Å². The fourth-order valence-electron chi connectivity index (χ4n) is 1.64. The van der Waals surface area contributed by atoms with Crippen molar-refractivity contribution in [3.63, 3.8) is 0 Å². The first-order valence-electron chi connectivity index (χ1n) is 6.13. The second-order valence-corrected chi connectivity index (χ2v) is 6.30. The molecule has 20 heavy (non-hydrogen) atoms. The Bertz CT molecular complexity index is 481. The van der Waals surface area contributed by atoms with Gasteiger partial charge in [0.2, 0.25) is 0 Å². The number of hydrogen-bond donors (Lipinski definition) is 1. The molecule has 1 heterocycles. The second kappa shape index (κ2) is 7.71. The Morgan fingerprint density at radius 2 is 2.25 bits per heavy atom. The Morgan fingerprint density at radius 3 is 2.90 bits per heavy atom. The maximum absolute atomic E-state index is 11.3. The summed E-state index contributed by atoms with van der Waals surface area (Å²) in [7, 11) is 0. The normalized spacial score (nSPS) is 17.6. The maximum atomic E-state index is 11.3. The zero-order chi connectivity index (χ0) is 14.4. The minimum Gasteiger partial charge on any atom is -0.493 e. The van der Waals surface area contributed by atoms with E-state index in [2.05, 4.69) is 5.32 Å². The average Bonchev–Trinajstić information content (AvgIpc) is 2.82. The highest BCUT2D eigenvalue weighted by atomic mass is 35.5. The van der Waals surface area contributed by atoms with Crippen LogP contribution in [-0.2, 0) is 9.53 Å². The van der Waals surface area contributed by atoms with E-state index >= 15 is 0 Å². The third kappa shape index (κ3) is 4.85. The average molecular weight is 332 g/mol. The number of ether oxygens (including phenoxy) is 2. The predicted octanol–water partition coefficient (Wildman–Crippen LogP) is 2.64. The lowest BCUT2D eigenvalue weighted by atomic mass is 10.3. The Labute approximate surface area is 132 Å². The molecule has 0 radical (unpaired) electrons. The molecular formula is C13H14ClNO3S2. The van der Waals surface area contributed by atoms with Crippen molar-refractivity contribution >= 4 is 45.9 Å². The van der Waals surface area contributed by atoms with Crippen LogP contribution in [0, 0.1) is 0 Å². The molecule has 1 aromatic carbocycles. The number of hydrogen-bond acceptors (Lipinski definition) is 5. The molecule has 1 N–H and O–H groups in total. The van der Waals surface area contributed by atoms with E-state index in [1.165, 1.54) is 11.8 Å². The lowest BCUT2D eigenvalue weighted by Crippen LogP contribution is -2.35. The van der Waals surface area contributed by atoms with Crippen molar-refractivity contribution in [1.82, 2.24) is 5.32 Å². The highest BCUT2D eigenvalue weighted by Gasteiger charge is 2.26. The summed E-state index contributed by atoms with van der Waals surface area (Å²) in [5.41, 5.74) is 0. The van der Waals surface area contributed by atoms with Crippen molar-refractivity contribution in [1.29, 1.82) is 0 Å². The number of halogens is 1. The van der Waals surface area contributed by atoms with Crippen LogP contribution in [0.3, 0.4) is 0 Å². The van der Waals surface area contributed by atoms with E-state index in [9.17, 15) is 4.79 Å². The van der Waals surface area contributed by atoms with E-state index in [0.29, 0.717) is 34.7 Å². The Kier molecular flexibility index (Phi) is 5.94. The largest absolute Gasteiger partial charge is 0.493 e. The van der Waals surface area contributed by atoms with Gasteiger partial charge in [-0.3, -0.25) is 0 Å².